The normalized spacial score (nSPS) is 17.7. The van der Waals surface area contributed by atoms with Gasteiger partial charge in [-0.1, -0.05) is 30.3 Å². The van der Waals surface area contributed by atoms with Gasteiger partial charge in [0.15, 0.2) is 0 Å². The molecule has 1 aliphatic heterocycles. The van der Waals surface area contributed by atoms with E-state index in [9.17, 15) is 9.59 Å². The van der Waals surface area contributed by atoms with Gasteiger partial charge in [0.05, 0.1) is 31.3 Å². The number of halogens is 1. The molecule has 0 saturated carbocycles. The van der Waals surface area contributed by atoms with E-state index in [2.05, 4.69) is 37.5 Å². The van der Waals surface area contributed by atoms with Crippen LogP contribution in [0.25, 0.3) is 10.9 Å². The Morgan fingerprint density at radius 2 is 1.89 bits per heavy atom. The standard InChI is InChI=1S/C27H31BrN2O5/c1-5-35-27(32)23-13-19-18-14-24(33-3)20(28)15-22(18)29(2)26(19)21(11-12-25(31)34-4)30(23)16-17-9-7-6-8-10-17/h6-10,14-15,21,23H,5,11-13,16H2,1-4H3/t21-,23+/m0/s1. The van der Waals surface area contributed by atoms with Crippen molar-refractivity contribution in [3.63, 3.8) is 0 Å². The molecule has 0 saturated heterocycles. The second-order valence-electron chi connectivity index (χ2n) is 8.69. The summed E-state index contributed by atoms with van der Waals surface area (Å²) in [5, 5.41) is 1.04. The molecule has 2 atom stereocenters. The fourth-order valence-corrected chi connectivity index (χ4v) is 5.64. The predicted molar refractivity (Wildman–Crippen MR) is 137 cm³/mol. The molecule has 0 aliphatic carbocycles. The Balaban J connectivity index is 1.89. The van der Waals surface area contributed by atoms with Crippen LogP contribution in [-0.2, 0) is 39.1 Å². The lowest BCUT2D eigenvalue weighted by molar-refractivity contribution is -0.151. The van der Waals surface area contributed by atoms with Gasteiger partial charge >= 0.3 is 11.9 Å². The number of hydrogen-bond donors (Lipinski definition) is 0. The fourth-order valence-electron chi connectivity index (χ4n) is 5.14. The number of methoxy groups -OCH3 is 2. The highest BCUT2D eigenvalue weighted by Crippen LogP contribution is 2.44. The first-order valence-electron chi connectivity index (χ1n) is 11.8. The number of hydrogen-bond acceptors (Lipinski definition) is 6. The molecule has 0 amide bonds. The summed E-state index contributed by atoms with van der Waals surface area (Å²) in [6.45, 7) is 2.69. The molecule has 186 valence electrons. The zero-order valence-electron chi connectivity index (χ0n) is 20.5. The van der Waals surface area contributed by atoms with Gasteiger partial charge in [-0.2, -0.15) is 0 Å². The van der Waals surface area contributed by atoms with Crippen molar-refractivity contribution in [2.45, 2.75) is 44.8 Å². The van der Waals surface area contributed by atoms with E-state index in [0.717, 1.165) is 37.9 Å². The van der Waals surface area contributed by atoms with Gasteiger partial charge in [0.1, 0.15) is 11.8 Å². The van der Waals surface area contributed by atoms with E-state index in [4.69, 9.17) is 14.2 Å². The van der Waals surface area contributed by atoms with Crippen LogP contribution in [0.3, 0.4) is 0 Å². The molecule has 1 aromatic heterocycles. The largest absolute Gasteiger partial charge is 0.496 e. The van der Waals surface area contributed by atoms with Gasteiger partial charge in [0, 0.05) is 43.0 Å². The maximum absolute atomic E-state index is 13.3. The van der Waals surface area contributed by atoms with Crippen molar-refractivity contribution in [3.8, 4) is 5.75 Å². The zero-order valence-corrected chi connectivity index (χ0v) is 22.1. The van der Waals surface area contributed by atoms with Gasteiger partial charge in [0.25, 0.3) is 0 Å². The summed E-state index contributed by atoms with van der Waals surface area (Å²) in [6, 6.07) is 13.5. The van der Waals surface area contributed by atoms with E-state index in [0.29, 0.717) is 26.0 Å². The average Bonchev–Trinajstić information content (AvgIpc) is 3.13. The molecule has 2 aromatic carbocycles. The molecule has 0 bridgehead atoms. The average molecular weight is 543 g/mol. The molecule has 0 fully saturated rings. The summed E-state index contributed by atoms with van der Waals surface area (Å²) in [6.07, 6.45) is 1.28. The third kappa shape index (κ3) is 4.95. The van der Waals surface area contributed by atoms with Crippen LogP contribution in [0.2, 0.25) is 0 Å². The number of carbonyl (C=O) groups is 2. The monoisotopic (exact) mass is 542 g/mol. The van der Waals surface area contributed by atoms with Gasteiger partial charge in [-0.15, -0.1) is 0 Å². The third-order valence-electron chi connectivity index (χ3n) is 6.76. The Bertz CT molecular complexity index is 1220. The highest BCUT2D eigenvalue weighted by Gasteiger charge is 2.42. The van der Waals surface area contributed by atoms with Crippen molar-refractivity contribution in [2.75, 3.05) is 20.8 Å². The van der Waals surface area contributed by atoms with E-state index < -0.39 is 6.04 Å². The number of aryl methyl sites for hydroxylation is 1. The van der Waals surface area contributed by atoms with Crippen LogP contribution in [-0.4, -0.2) is 48.3 Å². The van der Waals surface area contributed by atoms with Crippen LogP contribution >= 0.6 is 15.9 Å². The van der Waals surface area contributed by atoms with Gasteiger partial charge in [-0.3, -0.25) is 14.5 Å². The van der Waals surface area contributed by atoms with Crippen LogP contribution in [0, 0.1) is 0 Å². The Morgan fingerprint density at radius 3 is 2.54 bits per heavy atom. The Morgan fingerprint density at radius 1 is 1.14 bits per heavy atom. The fraction of sp³-hybridized carbons (Fsp3) is 0.407. The molecule has 8 heteroatoms. The zero-order chi connectivity index (χ0) is 25.1. The molecule has 0 spiro atoms. The van der Waals surface area contributed by atoms with Gasteiger partial charge in [-0.05, 0) is 52.5 Å². The Kier molecular flexibility index (Phi) is 7.82. The van der Waals surface area contributed by atoms with Crippen LogP contribution in [0.1, 0.15) is 42.6 Å². The minimum absolute atomic E-state index is 0.186. The van der Waals surface area contributed by atoms with Crippen LogP contribution in [0.15, 0.2) is 46.9 Å². The Hall–Kier alpha value is -2.84. The number of fused-ring (bicyclic) bond motifs is 3. The number of benzene rings is 2. The lowest BCUT2D eigenvalue weighted by atomic mass is 9.88. The third-order valence-corrected chi connectivity index (χ3v) is 7.38. The Labute approximate surface area is 214 Å². The maximum atomic E-state index is 13.3. The van der Waals surface area contributed by atoms with Crippen molar-refractivity contribution in [3.05, 3.63) is 63.8 Å². The van der Waals surface area contributed by atoms with Gasteiger partial charge in [-0.25, -0.2) is 0 Å². The first kappa shape index (κ1) is 25.3. The first-order chi connectivity index (χ1) is 16.9. The molecule has 0 radical (unpaired) electrons. The molecule has 7 nitrogen and oxygen atoms in total. The van der Waals surface area contributed by atoms with E-state index >= 15 is 0 Å². The molecule has 35 heavy (non-hydrogen) atoms. The SMILES string of the molecule is CCOC(=O)[C@H]1Cc2c(n(C)c3cc(Br)c(OC)cc23)[C@H](CCC(=O)OC)N1Cc1ccccc1. The van der Waals surface area contributed by atoms with E-state index in [1.165, 1.54) is 7.11 Å². The lowest BCUT2D eigenvalue weighted by Gasteiger charge is -2.41. The summed E-state index contributed by atoms with van der Waals surface area (Å²) >= 11 is 3.61. The maximum Gasteiger partial charge on any atom is 0.323 e. The predicted octanol–water partition coefficient (Wildman–Crippen LogP) is 4.93. The number of aromatic nitrogens is 1. The molecule has 2 heterocycles. The highest BCUT2D eigenvalue weighted by atomic mass is 79.9. The van der Waals surface area contributed by atoms with Crippen molar-refractivity contribution in [2.24, 2.45) is 7.05 Å². The quantitative estimate of drug-likeness (QED) is 0.376. The summed E-state index contributed by atoms with van der Waals surface area (Å²) < 4.78 is 19.1. The summed E-state index contributed by atoms with van der Waals surface area (Å²) in [7, 11) is 5.08. The molecule has 1 aliphatic rings. The molecular weight excluding hydrogens is 512 g/mol. The van der Waals surface area contributed by atoms with Crippen molar-refractivity contribution in [1.82, 2.24) is 9.47 Å². The van der Waals surface area contributed by atoms with Crippen LogP contribution in [0.4, 0.5) is 0 Å². The number of ether oxygens (including phenoxy) is 3. The number of rotatable bonds is 8. The second-order valence-corrected chi connectivity index (χ2v) is 9.54. The van der Waals surface area contributed by atoms with Gasteiger partial charge < -0.3 is 18.8 Å². The minimum Gasteiger partial charge on any atom is -0.496 e. The summed E-state index contributed by atoms with van der Waals surface area (Å²) in [4.78, 5) is 27.6. The smallest absolute Gasteiger partial charge is 0.323 e. The van der Waals surface area contributed by atoms with Crippen molar-refractivity contribution < 1.29 is 23.8 Å². The molecule has 0 N–H and O–H groups in total. The molecular formula is C27H31BrN2O5. The second kappa shape index (κ2) is 10.8. The van der Waals surface area contributed by atoms with E-state index in [1.54, 1.807) is 7.11 Å². The van der Waals surface area contributed by atoms with Crippen molar-refractivity contribution >= 4 is 38.8 Å². The topological polar surface area (TPSA) is 70.0 Å². The summed E-state index contributed by atoms with van der Waals surface area (Å²) in [5.41, 5.74) is 4.32. The van der Waals surface area contributed by atoms with Gasteiger partial charge in [0.2, 0.25) is 0 Å². The molecule has 3 aromatic rings. The number of esters is 2. The molecule has 0 unspecified atom stereocenters. The van der Waals surface area contributed by atoms with Crippen LogP contribution in [0.5, 0.6) is 5.75 Å². The highest BCUT2D eigenvalue weighted by molar-refractivity contribution is 9.10. The lowest BCUT2D eigenvalue weighted by Crippen LogP contribution is -2.49. The van der Waals surface area contributed by atoms with Crippen molar-refractivity contribution in [1.29, 1.82) is 0 Å². The van der Waals surface area contributed by atoms with E-state index in [1.807, 2.05) is 44.3 Å². The summed E-state index contributed by atoms with van der Waals surface area (Å²) in [5.74, 6) is 0.210. The molecule has 4 rings (SSSR count). The van der Waals surface area contributed by atoms with Crippen LogP contribution < -0.4 is 4.74 Å². The number of carbonyl (C=O) groups excluding carboxylic acids is 2. The minimum atomic E-state index is -0.481. The van der Waals surface area contributed by atoms with E-state index in [-0.39, 0.29) is 24.4 Å². The number of nitrogens with zero attached hydrogens (tertiary/aromatic N) is 2. The first-order valence-corrected chi connectivity index (χ1v) is 12.6.